The molecule has 2 rings (SSSR count). The van der Waals surface area contributed by atoms with Gasteiger partial charge in [0, 0.05) is 18.2 Å². The van der Waals surface area contributed by atoms with E-state index in [4.69, 9.17) is 14.6 Å². The predicted octanol–water partition coefficient (Wildman–Crippen LogP) is -1.72. The fraction of sp³-hybridized carbons (Fsp3) is 0.500. The molecule has 0 aliphatic carbocycles. The van der Waals surface area contributed by atoms with Crippen molar-refractivity contribution in [2.45, 2.75) is 30.7 Å². The largest absolute Gasteiger partial charge is 0.508 e. The Morgan fingerprint density at radius 1 is 0.950 bits per heavy atom. The zero-order valence-corrected chi connectivity index (χ0v) is 10.3. The van der Waals surface area contributed by atoms with Crippen LogP contribution in [0.4, 0.5) is 0 Å². The summed E-state index contributed by atoms with van der Waals surface area (Å²) in [7, 11) is 0. The lowest BCUT2D eigenvalue weighted by Crippen LogP contribution is -2.60. The SMILES string of the molecule is OC[C@H]1OC(Oc2cc(O)cc(O)c2)[C@H](O)[C@@H](O)[C@@H]1O. The molecule has 8 nitrogen and oxygen atoms in total. The minimum absolute atomic E-state index is 0.00757. The summed E-state index contributed by atoms with van der Waals surface area (Å²) in [6.45, 7) is -0.573. The first kappa shape index (κ1) is 14.8. The number of hydrogen-bond donors (Lipinski definition) is 6. The predicted molar refractivity (Wildman–Crippen MR) is 64.2 cm³/mol. The van der Waals surface area contributed by atoms with E-state index in [1.54, 1.807) is 0 Å². The van der Waals surface area contributed by atoms with Gasteiger partial charge in [-0.05, 0) is 0 Å². The summed E-state index contributed by atoms with van der Waals surface area (Å²) in [5, 5.41) is 56.6. The van der Waals surface area contributed by atoms with Crippen LogP contribution in [-0.2, 0) is 4.74 Å². The number of ether oxygens (including phenoxy) is 2. The van der Waals surface area contributed by atoms with E-state index < -0.39 is 37.3 Å². The van der Waals surface area contributed by atoms with Crippen LogP contribution in [0.3, 0.4) is 0 Å². The van der Waals surface area contributed by atoms with E-state index in [0.29, 0.717) is 0 Å². The van der Waals surface area contributed by atoms with E-state index >= 15 is 0 Å². The first-order valence-corrected chi connectivity index (χ1v) is 5.92. The third-order valence-electron chi connectivity index (χ3n) is 2.98. The van der Waals surface area contributed by atoms with Crippen LogP contribution in [0.25, 0.3) is 0 Å². The van der Waals surface area contributed by atoms with Crippen LogP contribution in [0, 0.1) is 0 Å². The van der Waals surface area contributed by atoms with E-state index in [1.807, 2.05) is 0 Å². The molecule has 1 aromatic carbocycles. The molecule has 5 atom stereocenters. The molecule has 8 heteroatoms. The average Bonchev–Trinajstić information content (AvgIpc) is 2.38. The molecule has 0 radical (unpaired) electrons. The summed E-state index contributed by atoms with van der Waals surface area (Å²) >= 11 is 0. The van der Waals surface area contributed by atoms with Gasteiger partial charge in [0.2, 0.25) is 6.29 Å². The maximum Gasteiger partial charge on any atom is 0.229 e. The highest BCUT2D eigenvalue weighted by atomic mass is 16.7. The van der Waals surface area contributed by atoms with Gasteiger partial charge in [-0.25, -0.2) is 0 Å². The molecule has 0 spiro atoms. The van der Waals surface area contributed by atoms with Crippen molar-refractivity contribution in [3.63, 3.8) is 0 Å². The van der Waals surface area contributed by atoms with Crippen LogP contribution in [0.2, 0.25) is 0 Å². The zero-order chi connectivity index (χ0) is 14.9. The van der Waals surface area contributed by atoms with Gasteiger partial charge in [0.25, 0.3) is 0 Å². The first-order valence-electron chi connectivity index (χ1n) is 5.92. The lowest BCUT2D eigenvalue weighted by Gasteiger charge is -2.39. The topological polar surface area (TPSA) is 140 Å². The Hall–Kier alpha value is -1.58. The van der Waals surface area contributed by atoms with Gasteiger partial charge in [0.15, 0.2) is 0 Å². The van der Waals surface area contributed by atoms with Gasteiger partial charge in [-0.2, -0.15) is 0 Å². The van der Waals surface area contributed by atoms with Gasteiger partial charge >= 0.3 is 0 Å². The van der Waals surface area contributed by atoms with E-state index in [-0.39, 0.29) is 17.2 Å². The third-order valence-corrected chi connectivity index (χ3v) is 2.98. The third kappa shape index (κ3) is 2.94. The van der Waals surface area contributed by atoms with Crippen molar-refractivity contribution in [3.8, 4) is 17.2 Å². The number of aliphatic hydroxyl groups excluding tert-OH is 4. The maximum atomic E-state index is 9.75. The highest BCUT2D eigenvalue weighted by molar-refractivity contribution is 5.40. The second-order valence-electron chi connectivity index (χ2n) is 4.50. The normalized spacial score (nSPS) is 33.9. The van der Waals surface area contributed by atoms with Crippen molar-refractivity contribution in [1.29, 1.82) is 0 Å². The van der Waals surface area contributed by atoms with Gasteiger partial charge in [0.05, 0.1) is 6.61 Å². The van der Waals surface area contributed by atoms with Crippen molar-refractivity contribution >= 4 is 0 Å². The molecule has 1 aliphatic rings. The van der Waals surface area contributed by atoms with Crippen LogP contribution < -0.4 is 4.74 Å². The fourth-order valence-corrected chi connectivity index (χ4v) is 1.93. The standard InChI is InChI=1S/C12H16O8/c13-4-8-9(16)10(17)11(18)12(20-8)19-7-2-5(14)1-6(15)3-7/h1-3,8-18H,4H2/t8-,9-,10+,11-,12?/m1/s1. The first-order chi connectivity index (χ1) is 9.42. The quantitative estimate of drug-likeness (QED) is 0.386. The Labute approximate surface area is 114 Å². The van der Waals surface area contributed by atoms with E-state index in [0.717, 1.165) is 6.07 Å². The fourth-order valence-electron chi connectivity index (χ4n) is 1.93. The Balaban J connectivity index is 2.15. The highest BCUT2D eigenvalue weighted by Gasteiger charge is 2.44. The summed E-state index contributed by atoms with van der Waals surface area (Å²) < 4.78 is 10.3. The molecule has 0 bridgehead atoms. The lowest BCUT2D eigenvalue weighted by molar-refractivity contribution is -0.277. The molecule has 112 valence electrons. The van der Waals surface area contributed by atoms with Crippen LogP contribution in [0.1, 0.15) is 0 Å². The molecule has 20 heavy (non-hydrogen) atoms. The van der Waals surface area contributed by atoms with E-state index in [2.05, 4.69) is 0 Å². The second-order valence-corrected chi connectivity index (χ2v) is 4.50. The van der Waals surface area contributed by atoms with Gasteiger partial charge < -0.3 is 40.1 Å². The Morgan fingerprint density at radius 3 is 2.10 bits per heavy atom. The molecule has 1 saturated heterocycles. The second kappa shape index (κ2) is 5.81. The highest BCUT2D eigenvalue weighted by Crippen LogP contribution is 2.29. The van der Waals surface area contributed by atoms with Crippen molar-refractivity contribution in [2.75, 3.05) is 6.61 Å². The monoisotopic (exact) mass is 288 g/mol. The summed E-state index contributed by atoms with van der Waals surface area (Å²) in [6, 6.07) is 3.42. The maximum absolute atomic E-state index is 9.75. The summed E-state index contributed by atoms with van der Waals surface area (Å²) in [4.78, 5) is 0. The minimum Gasteiger partial charge on any atom is -0.508 e. The summed E-state index contributed by atoms with van der Waals surface area (Å²) in [6.07, 6.45) is -7.06. The van der Waals surface area contributed by atoms with Crippen molar-refractivity contribution in [1.82, 2.24) is 0 Å². The number of benzene rings is 1. The zero-order valence-electron chi connectivity index (χ0n) is 10.3. The summed E-state index contributed by atoms with van der Waals surface area (Å²) in [5.74, 6) is -0.527. The average molecular weight is 288 g/mol. The molecule has 1 aromatic rings. The van der Waals surface area contributed by atoms with Crippen molar-refractivity contribution < 1.29 is 40.1 Å². The molecule has 0 saturated carbocycles. The lowest BCUT2D eigenvalue weighted by atomic mass is 9.99. The van der Waals surface area contributed by atoms with Gasteiger partial charge in [-0.3, -0.25) is 0 Å². The van der Waals surface area contributed by atoms with Gasteiger partial charge in [-0.1, -0.05) is 0 Å². The van der Waals surface area contributed by atoms with E-state index in [1.165, 1.54) is 12.1 Å². The van der Waals surface area contributed by atoms with Crippen molar-refractivity contribution in [2.24, 2.45) is 0 Å². The van der Waals surface area contributed by atoms with Crippen molar-refractivity contribution in [3.05, 3.63) is 18.2 Å². The molecule has 0 aromatic heterocycles. The summed E-state index contributed by atoms with van der Waals surface area (Å²) in [5.41, 5.74) is 0. The molecular formula is C12H16O8. The molecular weight excluding hydrogens is 272 g/mol. The molecule has 6 N–H and O–H groups in total. The molecule has 1 aliphatic heterocycles. The number of aliphatic hydroxyl groups is 4. The number of phenols is 2. The number of aromatic hydroxyl groups is 2. The number of rotatable bonds is 3. The molecule has 1 fully saturated rings. The molecule has 1 unspecified atom stereocenters. The number of hydrogen-bond acceptors (Lipinski definition) is 8. The Bertz CT molecular complexity index is 443. The number of phenolic OH excluding ortho intramolecular Hbond substituents is 2. The molecule has 0 amide bonds. The van der Waals surface area contributed by atoms with E-state index in [9.17, 15) is 25.5 Å². The molecule has 1 heterocycles. The van der Waals surface area contributed by atoms with Crippen LogP contribution in [0.15, 0.2) is 18.2 Å². The Morgan fingerprint density at radius 2 is 1.55 bits per heavy atom. The van der Waals surface area contributed by atoms with Gasteiger partial charge in [-0.15, -0.1) is 0 Å². The van der Waals surface area contributed by atoms with Gasteiger partial charge in [0.1, 0.15) is 41.7 Å². The Kier molecular flexibility index (Phi) is 4.31. The minimum atomic E-state index is -1.56. The smallest absolute Gasteiger partial charge is 0.229 e. The van der Waals surface area contributed by atoms with Crippen LogP contribution in [0.5, 0.6) is 17.2 Å². The van der Waals surface area contributed by atoms with Crippen LogP contribution in [-0.4, -0.2) is 68.0 Å². The van der Waals surface area contributed by atoms with Crippen LogP contribution >= 0.6 is 0 Å².